The second-order valence-corrected chi connectivity index (χ2v) is 3.69. The lowest BCUT2D eigenvalue weighted by molar-refractivity contribution is 1.32. The Morgan fingerprint density at radius 2 is 2.23 bits per heavy atom. The fraction of sp³-hybridized carbons (Fsp3) is 0.182. The van der Waals surface area contributed by atoms with Gasteiger partial charge in [0.05, 0.1) is 5.52 Å². The first-order valence-electron chi connectivity index (χ1n) is 4.21. The molecule has 0 atom stereocenters. The van der Waals surface area contributed by atoms with Gasteiger partial charge in [0, 0.05) is 16.9 Å². The van der Waals surface area contributed by atoms with E-state index < -0.39 is 0 Å². The van der Waals surface area contributed by atoms with Gasteiger partial charge in [-0.2, -0.15) is 0 Å². The average Bonchev–Trinajstić information content (AvgIpc) is 2.17. The van der Waals surface area contributed by atoms with Crippen LogP contribution in [0.2, 0.25) is 0 Å². The summed E-state index contributed by atoms with van der Waals surface area (Å²) in [4.78, 5) is 4.37. The first-order valence-corrected chi connectivity index (χ1v) is 5.33. The molecule has 0 fully saturated rings. The third-order valence-corrected chi connectivity index (χ3v) is 2.70. The van der Waals surface area contributed by atoms with Crippen molar-refractivity contribution < 1.29 is 0 Å². The molecule has 0 N–H and O–H groups in total. The van der Waals surface area contributed by atoms with Crippen LogP contribution in [-0.2, 0) is 5.33 Å². The van der Waals surface area contributed by atoms with E-state index in [0.717, 1.165) is 10.8 Å². The third-order valence-electron chi connectivity index (χ3n) is 2.10. The van der Waals surface area contributed by atoms with Crippen LogP contribution in [0, 0.1) is 6.92 Å². The van der Waals surface area contributed by atoms with Crippen molar-refractivity contribution in [2.75, 3.05) is 0 Å². The zero-order valence-corrected chi connectivity index (χ0v) is 9.01. The summed E-state index contributed by atoms with van der Waals surface area (Å²) in [6.45, 7) is 2.07. The lowest BCUT2D eigenvalue weighted by atomic mass is 10.1. The molecule has 0 saturated heterocycles. The van der Waals surface area contributed by atoms with E-state index in [1.165, 1.54) is 16.5 Å². The van der Waals surface area contributed by atoms with Gasteiger partial charge >= 0.3 is 0 Å². The molecule has 0 aliphatic rings. The number of alkyl halides is 1. The largest absolute Gasteiger partial charge is 0.256 e. The van der Waals surface area contributed by atoms with Crippen molar-refractivity contribution in [3.63, 3.8) is 0 Å². The molecule has 1 nitrogen and oxygen atoms in total. The maximum atomic E-state index is 4.37. The summed E-state index contributed by atoms with van der Waals surface area (Å²) in [5.74, 6) is 0. The molecule has 0 unspecified atom stereocenters. The van der Waals surface area contributed by atoms with Crippen LogP contribution in [0.3, 0.4) is 0 Å². The Morgan fingerprint density at radius 1 is 1.38 bits per heavy atom. The first kappa shape index (κ1) is 8.70. The summed E-state index contributed by atoms with van der Waals surface area (Å²) in [6.07, 6.45) is 1.90. The zero-order chi connectivity index (χ0) is 9.26. The van der Waals surface area contributed by atoms with Gasteiger partial charge in [-0.05, 0) is 30.2 Å². The minimum absolute atomic E-state index is 0.884. The molecular weight excluding hydrogens is 226 g/mol. The second-order valence-electron chi connectivity index (χ2n) is 3.13. The lowest BCUT2D eigenvalue weighted by Gasteiger charge is -2.02. The average molecular weight is 236 g/mol. The number of aryl methyl sites for hydroxylation is 1. The smallest absolute Gasteiger partial charge is 0.0705 e. The quantitative estimate of drug-likeness (QED) is 0.691. The molecule has 1 aromatic carbocycles. The van der Waals surface area contributed by atoms with Crippen LogP contribution in [0.4, 0.5) is 0 Å². The Bertz CT molecular complexity index is 437. The predicted octanol–water partition coefficient (Wildman–Crippen LogP) is 3.44. The van der Waals surface area contributed by atoms with Crippen LogP contribution < -0.4 is 0 Å². The molecule has 0 aliphatic heterocycles. The van der Waals surface area contributed by atoms with E-state index >= 15 is 0 Å². The molecule has 0 aliphatic carbocycles. The van der Waals surface area contributed by atoms with Crippen molar-refractivity contribution in [1.82, 2.24) is 4.98 Å². The molecule has 0 spiro atoms. The Labute approximate surface area is 85.9 Å². The Kier molecular flexibility index (Phi) is 2.32. The summed E-state index contributed by atoms with van der Waals surface area (Å²) in [7, 11) is 0. The molecule has 13 heavy (non-hydrogen) atoms. The minimum Gasteiger partial charge on any atom is -0.256 e. The Hall–Kier alpha value is -0.890. The number of aromatic nitrogens is 1. The molecule has 1 aromatic heterocycles. The van der Waals surface area contributed by atoms with Gasteiger partial charge in [0.1, 0.15) is 0 Å². The number of rotatable bonds is 1. The molecule has 0 saturated carbocycles. The van der Waals surface area contributed by atoms with Crippen molar-refractivity contribution in [1.29, 1.82) is 0 Å². The van der Waals surface area contributed by atoms with Crippen molar-refractivity contribution >= 4 is 26.8 Å². The number of halogens is 1. The lowest BCUT2D eigenvalue weighted by Crippen LogP contribution is -1.85. The highest BCUT2D eigenvalue weighted by molar-refractivity contribution is 9.08. The summed E-state index contributed by atoms with van der Waals surface area (Å²) >= 11 is 3.48. The van der Waals surface area contributed by atoms with Crippen LogP contribution in [-0.4, -0.2) is 4.98 Å². The van der Waals surface area contributed by atoms with Gasteiger partial charge in [-0.3, -0.25) is 4.98 Å². The van der Waals surface area contributed by atoms with Gasteiger partial charge in [0.25, 0.3) is 0 Å². The fourth-order valence-electron chi connectivity index (χ4n) is 1.43. The number of fused-ring (bicyclic) bond motifs is 1. The molecule has 66 valence electrons. The number of hydrogen-bond acceptors (Lipinski definition) is 1. The first-order chi connectivity index (χ1) is 6.31. The normalized spacial score (nSPS) is 10.6. The minimum atomic E-state index is 0.884. The van der Waals surface area contributed by atoms with Crippen molar-refractivity contribution in [2.24, 2.45) is 0 Å². The molecule has 0 radical (unpaired) electrons. The van der Waals surface area contributed by atoms with Gasteiger partial charge in [-0.1, -0.05) is 28.1 Å². The van der Waals surface area contributed by atoms with Crippen LogP contribution in [0.5, 0.6) is 0 Å². The van der Waals surface area contributed by atoms with E-state index in [0.29, 0.717) is 0 Å². The van der Waals surface area contributed by atoms with E-state index in [2.05, 4.69) is 40.0 Å². The number of pyridine rings is 1. The molecule has 2 heteroatoms. The topological polar surface area (TPSA) is 12.9 Å². The van der Waals surface area contributed by atoms with Gasteiger partial charge in [-0.25, -0.2) is 0 Å². The van der Waals surface area contributed by atoms with E-state index in [4.69, 9.17) is 0 Å². The van der Waals surface area contributed by atoms with Gasteiger partial charge in [0.15, 0.2) is 0 Å². The third kappa shape index (κ3) is 1.59. The summed E-state index contributed by atoms with van der Waals surface area (Å²) in [5, 5.41) is 2.13. The van der Waals surface area contributed by atoms with E-state index in [1.54, 1.807) is 0 Å². The highest BCUT2D eigenvalue weighted by atomic mass is 79.9. The second kappa shape index (κ2) is 3.46. The number of benzene rings is 1. The molecule has 1 heterocycles. The standard InChI is InChI=1S/C11H10BrN/c1-8-5-10-9(6-12)3-2-4-11(10)13-7-8/h2-5,7H,6H2,1H3. The van der Waals surface area contributed by atoms with Gasteiger partial charge in [0.2, 0.25) is 0 Å². The van der Waals surface area contributed by atoms with E-state index in [1.807, 2.05) is 18.3 Å². The molecular formula is C11H10BrN. The van der Waals surface area contributed by atoms with E-state index in [-0.39, 0.29) is 0 Å². The number of nitrogens with zero attached hydrogens (tertiary/aromatic N) is 1. The number of hydrogen-bond donors (Lipinski definition) is 0. The highest BCUT2D eigenvalue weighted by Crippen LogP contribution is 2.19. The molecule has 2 rings (SSSR count). The van der Waals surface area contributed by atoms with Crippen molar-refractivity contribution in [3.8, 4) is 0 Å². The summed E-state index contributed by atoms with van der Waals surface area (Å²) in [6, 6.07) is 8.39. The maximum absolute atomic E-state index is 4.37. The van der Waals surface area contributed by atoms with Gasteiger partial charge < -0.3 is 0 Å². The monoisotopic (exact) mass is 235 g/mol. The zero-order valence-electron chi connectivity index (χ0n) is 7.42. The molecule has 2 aromatic rings. The SMILES string of the molecule is Cc1cnc2cccc(CBr)c2c1. The predicted molar refractivity (Wildman–Crippen MR) is 59.1 cm³/mol. The Balaban J connectivity index is 2.79. The fourth-order valence-corrected chi connectivity index (χ4v) is 1.92. The van der Waals surface area contributed by atoms with Crippen LogP contribution in [0.25, 0.3) is 10.9 Å². The van der Waals surface area contributed by atoms with Gasteiger partial charge in [-0.15, -0.1) is 0 Å². The van der Waals surface area contributed by atoms with Crippen molar-refractivity contribution in [2.45, 2.75) is 12.3 Å². The van der Waals surface area contributed by atoms with E-state index in [9.17, 15) is 0 Å². The Morgan fingerprint density at radius 3 is 3.00 bits per heavy atom. The molecule has 0 amide bonds. The van der Waals surface area contributed by atoms with Crippen LogP contribution in [0.1, 0.15) is 11.1 Å². The maximum Gasteiger partial charge on any atom is 0.0705 e. The molecule has 0 bridgehead atoms. The highest BCUT2D eigenvalue weighted by Gasteiger charge is 1.99. The van der Waals surface area contributed by atoms with Crippen molar-refractivity contribution in [3.05, 3.63) is 41.6 Å². The van der Waals surface area contributed by atoms with Crippen LogP contribution >= 0.6 is 15.9 Å². The van der Waals surface area contributed by atoms with Crippen LogP contribution in [0.15, 0.2) is 30.5 Å². The summed E-state index contributed by atoms with van der Waals surface area (Å²) < 4.78 is 0. The summed E-state index contributed by atoms with van der Waals surface area (Å²) in [5.41, 5.74) is 3.58.